The molecular weight excluding hydrogens is 144 g/mol. The Hall–Kier alpha value is -0.570. The maximum Gasteiger partial charge on any atom is 0.335 e. The molecule has 0 aromatic carbocycles. The summed E-state index contributed by atoms with van der Waals surface area (Å²) in [6.45, 7) is 2.09. The first kappa shape index (κ1) is 8.53. The second-order valence-corrected chi connectivity index (χ2v) is 2.95. The van der Waals surface area contributed by atoms with Gasteiger partial charge in [-0.2, -0.15) is 0 Å². The van der Waals surface area contributed by atoms with Gasteiger partial charge in [0.25, 0.3) is 0 Å². The van der Waals surface area contributed by atoms with Crippen LogP contribution in [0.3, 0.4) is 0 Å². The minimum absolute atomic E-state index is 0.0301. The van der Waals surface area contributed by atoms with Crippen molar-refractivity contribution >= 4 is 5.97 Å². The Kier molecular flexibility index (Phi) is 2.88. The summed E-state index contributed by atoms with van der Waals surface area (Å²) in [7, 11) is 0. The topological polar surface area (TPSA) is 46.5 Å². The van der Waals surface area contributed by atoms with E-state index in [0.29, 0.717) is 6.42 Å². The number of hydrogen-bond acceptors (Lipinski definition) is 3. The SMILES string of the molecule is CCCCC1CC(O)C(=O)O1. The van der Waals surface area contributed by atoms with Gasteiger partial charge in [-0.05, 0) is 6.42 Å². The molecule has 1 heterocycles. The van der Waals surface area contributed by atoms with Gasteiger partial charge in [0.05, 0.1) is 0 Å². The average molecular weight is 158 g/mol. The Morgan fingerprint density at radius 1 is 1.73 bits per heavy atom. The lowest BCUT2D eigenvalue weighted by atomic mass is 10.1. The highest BCUT2D eigenvalue weighted by atomic mass is 16.6. The molecule has 1 fully saturated rings. The van der Waals surface area contributed by atoms with Crippen LogP contribution in [-0.2, 0) is 9.53 Å². The third kappa shape index (κ3) is 2.19. The molecule has 2 atom stereocenters. The van der Waals surface area contributed by atoms with Gasteiger partial charge in [-0.1, -0.05) is 19.8 Å². The summed E-state index contributed by atoms with van der Waals surface area (Å²) in [5.74, 6) is -0.453. The van der Waals surface area contributed by atoms with E-state index >= 15 is 0 Å². The molecule has 1 N–H and O–H groups in total. The van der Waals surface area contributed by atoms with Crippen molar-refractivity contribution in [2.24, 2.45) is 0 Å². The maximum absolute atomic E-state index is 10.7. The lowest BCUT2D eigenvalue weighted by Gasteiger charge is -2.05. The van der Waals surface area contributed by atoms with E-state index in [1.807, 2.05) is 0 Å². The molecule has 1 aliphatic rings. The van der Waals surface area contributed by atoms with Crippen molar-refractivity contribution in [3.63, 3.8) is 0 Å². The van der Waals surface area contributed by atoms with Crippen LogP contribution < -0.4 is 0 Å². The van der Waals surface area contributed by atoms with Crippen molar-refractivity contribution in [2.75, 3.05) is 0 Å². The fourth-order valence-corrected chi connectivity index (χ4v) is 1.24. The molecule has 1 rings (SSSR count). The molecule has 0 saturated carbocycles. The van der Waals surface area contributed by atoms with E-state index in [-0.39, 0.29) is 6.10 Å². The summed E-state index contributed by atoms with van der Waals surface area (Å²) in [6, 6.07) is 0. The van der Waals surface area contributed by atoms with Gasteiger partial charge in [-0.15, -0.1) is 0 Å². The highest BCUT2D eigenvalue weighted by molar-refractivity contribution is 5.76. The van der Waals surface area contributed by atoms with Gasteiger partial charge in [0.15, 0.2) is 6.10 Å². The second kappa shape index (κ2) is 3.72. The number of aliphatic hydroxyl groups is 1. The number of ether oxygens (including phenoxy) is 1. The fraction of sp³-hybridized carbons (Fsp3) is 0.875. The largest absolute Gasteiger partial charge is 0.460 e. The fourth-order valence-electron chi connectivity index (χ4n) is 1.24. The van der Waals surface area contributed by atoms with Crippen molar-refractivity contribution < 1.29 is 14.6 Å². The molecule has 0 bridgehead atoms. The smallest absolute Gasteiger partial charge is 0.335 e. The van der Waals surface area contributed by atoms with E-state index in [4.69, 9.17) is 9.84 Å². The number of carbonyl (C=O) groups is 1. The first-order valence-electron chi connectivity index (χ1n) is 4.12. The number of aliphatic hydroxyl groups excluding tert-OH is 1. The predicted octanol–water partition coefficient (Wildman–Crippen LogP) is 0.853. The third-order valence-electron chi connectivity index (χ3n) is 1.92. The number of hydrogen-bond donors (Lipinski definition) is 1. The highest BCUT2D eigenvalue weighted by Crippen LogP contribution is 2.19. The van der Waals surface area contributed by atoms with Crippen LogP contribution in [0.1, 0.15) is 32.6 Å². The molecular formula is C8H14O3. The molecule has 11 heavy (non-hydrogen) atoms. The average Bonchev–Trinajstić information content (AvgIpc) is 2.28. The van der Waals surface area contributed by atoms with E-state index in [0.717, 1.165) is 19.3 Å². The van der Waals surface area contributed by atoms with Gasteiger partial charge >= 0.3 is 5.97 Å². The number of esters is 1. The van der Waals surface area contributed by atoms with Gasteiger partial charge < -0.3 is 9.84 Å². The molecule has 2 unspecified atom stereocenters. The molecule has 3 nitrogen and oxygen atoms in total. The quantitative estimate of drug-likeness (QED) is 0.619. The molecule has 1 saturated heterocycles. The van der Waals surface area contributed by atoms with E-state index < -0.39 is 12.1 Å². The Balaban J connectivity index is 2.24. The second-order valence-electron chi connectivity index (χ2n) is 2.95. The van der Waals surface area contributed by atoms with Gasteiger partial charge in [0.2, 0.25) is 0 Å². The minimum Gasteiger partial charge on any atom is -0.460 e. The van der Waals surface area contributed by atoms with Crippen LogP contribution in [0.2, 0.25) is 0 Å². The number of cyclic esters (lactones) is 1. The van der Waals surface area contributed by atoms with Crippen LogP contribution in [0, 0.1) is 0 Å². The summed E-state index contributed by atoms with van der Waals surface area (Å²) in [5, 5.41) is 8.99. The first-order valence-corrected chi connectivity index (χ1v) is 4.12. The summed E-state index contributed by atoms with van der Waals surface area (Å²) in [5.41, 5.74) is 0. The number of unbranched alkanes of at least 4 members (excludes halogenated alkanes) is 1. The first-order chi connectivity index (χ1) is 5.24. The molecule has 0 radical (unpaired) electrons. The summed E-state index contributed by atoms with van der Waals surface area (Å²) < 4.78 is 4.89. The highest BCUT2D eigenvalue weighted by Gasteiger charge is 2.31. The van der Waals surface area contributed by atoms with Crippen molar-refractivity contribution in [2.45, 2.75) is 44.8 Å². The van der Waals surface area contributed by atoms with E-state index in [9.17, 15) is 4.79 Å². The standard InChI is InChI=1S/C8H14O3/c1-2-3-4-6-5-7(9)8(10)11-6/h6-7,9H,2-5H2,1H3. The zero-order valence-corrected chi connectivity index (χ0v) is 6.75. The molecule has 0 aromatic rings. The summed E-state index contributed by atoms with van der Waals surface area (Å²) in [4.78, 5) is 10.7. The van der Waals surface area contributed by atoms with Crippen molar-refractivity contribution in [3.05, 3.63) is 0 Å². The molecule has 0 amide bonds. The van der Waals surface area contributed by atoms with Crippen LogP contribution in [0.5, 0.6) is 0 Å². The molecule has 0 aliphatic carbocycles. The Labute approximate surface area is 66.4 Å². The number of rotatable bonds is 3. The van der Waals surface area contributed by atoms with Gasteiger partial charge in [0, 0.05) is 6.42 Å². The summed E-state index contributed by atoms with van der Waals surface area (Å²) in [6.07, 6.45) is 2.64. The zero-order valence-electron chi connectivity index (χ0n) is 6.75. The Bertz CT molecular complexity index is 144. The molecule has 1 aliphatic heterocycles. The van der Waals surface area contributed by atoms with Crippen LogP contribution in [0.15, 0.2) is 0 Å². The predicted molar refractivity (Wildman–Crippen MR) is 40.0 cm³/mol. The third-order valence-corrected chi connectivity index (χ3v) is 1.92. The van der Waals surface area contributed by atoms with Crippen molar-refractivity contribution in [1.82, 2.24) is 0 Å². The van der Waals surface area contributed by atoms with Crippen LogP contribution in [0.4, 0.5) is 0 Å². The van der Waals surface area contributed by atoms with E-state index in [1.54, 1.807) is 0 Å². The lowest BCUT2D eigenvalue weighted by Crippen LogP contribution is -2.11. The van der Waals surface area contributed by atoms with Gasteiger partial charge in [0.1, 0.15) is 6.10 Å². The number of carbonyl (C=O) groups excluding carboxylic acids is 1. The van der Waals surface area contributed by atoms with Gasteiger partial charge in [-0.25, -0.2) is 4.79 Å². The van der Waals surface area contributed by atoms with Crippen molar-refractivity contribution in [1.29, 1.82) is 0 Å². The molecule has 0 spiro atoms. The van der Waals surface area contributed by atoms with Gasteiger partial charge in [-0.3, -0.25) is 0 Å². The van der Waals surface area contributed by atoms with E-state index in [2.05, 4.69) is 6.92 Å². The van der Waals surface area contributed by atoms with Crippen LogP contribution in [-0.4, -0.2) is 23.3 Å². The summed E-state index contributed by atoms with van der Waals surface area (Å²) >= 11 is 0. The van der Waals surface area contributed by atoms with Crippen molar-refractivity contribution in [3.8, 4) is 0 Å². The lowest BCUT2D eigenvalue weighted by molar-refractivity contribution is -0.147. The zero-order chi connectivity index (χ0) is 8.27. The van der Waals surface area contributed by atoms with E-state index in [1.165, 1.54) is 0 Å². The Morgan fingerprint density at radius 3 is 2.91 bits per heavy atom. The molecule has 0 aromatic heterocycles. The van der Waals surface area contributed by atoms with Crippen LogP contribution >= 0.6 is 0 Å². The molecule has 64 valence electrons. The van der Waals surface area contributed by atoms with Crippen LogP contribution in [0.25, 0.3) is 0 Å². The Morgan fingerprint density at radius 2 is 2.45 bits per heavy atom. The normalized spacial score (nSPS) is 30.5. The molecule has 3 heteroatoms. The monoisotopic (exact) mass is 158 g/mol. The minimum atomic E-state index is -0.864. The maximum atomic E-state index is 10.7.